The highest BCUT2D eigenvalue weighted by Crippen LogP contribution is 2.32. The van der Waals surface area contributed by atoms with Gasteiger partial charge in [-0.1, -0.05) is 0 Å². The Hall–Kier alpha value is -1.10. The molecule has 84 valence electrons. The SMILES string of the molecule is CNC(=O)C1COCCN1C(=O)C1CC1. The Morgan fingerprint density at radius 2 is 2.13 bits per heavy atom. The molecule has 1 atom stereocenters. The van der Waals surface area contributed by atoms with Gasteiger partial charge in [0.1, 0.15) is 6.04 Å². The van der Waals surface area contributed by atoms with Crippen LogP contribution >= 0.6 is 0 Å². The van der Waals surface area contributed by atoms with Crippen molar-refractivity contribution < 1.29 is 14.3 Å². The number of likely N-dealkylation sites (N-methyl/N-ethyl adjacent to an activating group) is 1. The standard InChI is InChI=1S/C10H16N2O3/c1-11-9(13)8-6-15-5-4-12(8)10(14)7-2-3-7/h7-8H,2-6H2,1H3,(H,11,13). The highest BCUT2D eigenvalue weighted by molar-refractivity contribution is 5.89. The molecule has 15 heavy (non-hydrogen) atoms. The predicted molar refractivity (Wildman–Crippen MR) is 53.1 cm³/mol. The molecular weight excluding hydrogens is 196 g/mol. The minimum absolute atomic E-state index is 0.118. The number of nitrogens with zero attached hydrogens (tertiary/aromatic N) is 1. The van der Waals surface area contributed by atoms with E-state index < -0.39 is 6.04 Å². The summed E-state index contributed by atoms with van der Waals surface area (Å²) in [4.78, 5) is 25.1. The lowest BCUT2D eigenvalue weighted by Gasteiger charge is -2.34. The van der Waals surface area contributed by atoms with Crippen molar-refractivity contribution in [2.45, 2.75) is 18.9 Å². The summed E-state index contributed by atoms with van der Waals surface area (Å²) in [6, 6.07) is -0.433. The van der Waals surface area contributed by atoms with Gasteiger partial charge in [0.05, 0.1) is 13.2 Å². The van der Waals surface area contributed by atoms with Crippen molar-refractivity contribution in [3.63, 3.8) is 0 Å². The van der Waals surface area contributed by atoms with E-state index in [2.05, 4.69) is 5.32 Å². The first kappa shape index (κ1) is 10.4. The molecule has 1 unspecified atom stereocenters. The number of amides is 2. The molecule has 2 rings (SSSR count). The first-order chi connectivity index (χ1) is 7.24. The number of nitrogens with one attached hydrogen (secondary N) is 1. The van der Waals surface area contributed by atoms with Crippen molar-refractivity contribution in [2.24, 2.45) is 5.92 Å². The third-order valence-corrected chi connectivity index (χ3v) is 2.89. The number of hydrogen-bond donors (Lipinski definition) is 1. The summed E-state index contributed by atoms with van der Waals surface area (Å²) in [5.41, 5.74) is 0. The molecule has 0 aromatic carbocycles. The Morgan fingerprint density at radius 1 is 1.40 bits per heavy atom. The van der Waals surface area contributed by atoms with E-state index in [-0.39, 0.29) is 17.7 Å². The van der Waals surface area contributed by atoms with Crippen LogP contribution in [-0.4, -0.2) is 49.6 Å². The van der Waals surface area contributed by atoms with Crippen LogP contribution in [0.5, 0.6) is 0 Å². The van der Waals surface area contributed by atoms with E-state index in [1.54, 1.807) is 11.9 Å². The number of hydrogen-bond acceptors (Lipinski definition) is 3. The predicted octanol–water partition coefficient (Wildman–Crippen LogP) is -0.630. The van der Waals surface area contributed by atoms with Crippen LogP contribution in [0, 0.1) is 5.92 Å². The van der Waals surface area contributed by atoms with Crippen LogP contribution in [0.3, 0.4) is 0 Å². The summed E-state index contributed by atoms with van der Waals surface area (Å²) in [5.74, 6) is 0.144. The summed E-state index contributed by atoms with van der Waals surface area (Å²) in [7, 11) is 1.58. The lowest BCUT2D eigenvalue weighted by Crippen LogP contribution is -2.55. The van der Waals surface area contributed by atoms with Crippen molar-refractivity contribution in [3.05, 3.63) is 0 Å². The van der Waals surface area contributed by atoms with Gasteiger partial charge in [0.15, 0.2) is 0 Å². The maximum Gasteiger partial charge on any atom is 0.244 e. The van der Waals surface area contributed by atoms with Gasteiger partial charge < -0.3 is 15.0 Å². The molecule has 2 aliphatic rings. The van der Waals surface area contributed by atoms with Gasteiger partial charge in [-0.2, -0.15) is 0 Å². The van der Waals surface area contributed by atoms with E-state index in [1.807, 2.05) is 0 Å². The maximum atomic E-state index is 11.9. The number of carbonyl (C=O) groups is 2. The molecule has 2 fully saturated rings. The monoisotopic (exact) mass is 212 g/mol. The second-order valence-electron chi connectivity index (χ2n) is 4.01. The van der Waals surface area contributed by atoms with Gasteiger partial charge in [-0.25, -0.2) is 0 Å². The Labute approximate surface area is 88.8 Å². The molecule has 0 radical (unpaired) electrons. The van der Waals surface area contributed by atoms with Gasteiger partial charge in [0.25, 0.3) is 0 Å². The Bertz CT molecular complexity index is 276. The first-order valence-electron chi connectivity index (χ1n) is 5.34. The summed E-state index contributed by atoms with van der Waals surface area (Å²) in [6.45, 7) is 1.39. The van der Waals surface area contributed by atoms with Gasteiger partial charge in [-0.3, -0.25) is 9.59 Å². The molecular formula is C10H16N2O3. The molecule has 1 N–H and O–H groups in total. The average Bonchev–Trinajstić information content (AvgIpc) is 3.11. The van der Waals surface area contributed by atoms with E-state index in [0.717, 1.165) is 12.8 Å². The smallest absolute Gasteiger partial charge is 0.244 e. The van der Waals surface area contributed by atoms with Crippen molar-refractivity contribution in [1.82, 2.24) is 10.2 Å². The zero-order chi connectivity index (χ0) is 10.8. The van der Waals surface area contributed by atoms with E-state index in [4.69, 9.17) is 4.74 Å². The number of carbonyl (C=O) groups excluding carboxylic acids is 2. The zero-order valence-corrected chi connectivity index (χ0v) is 8.86. The van der Waals surface area contributed by atoms with E-state index in [9.17, 15) is 9.59 Å². The molecule has 1 saturated heterocycles. The number of ether oxygens (including phenoxy) is 1. The van der Waals surface area contributed by atoms with Gasteiger partial charge in [-0.15, -0.1) is 0 Å². The molecule has 1 aliphatic carbocycles. The molecule has 0 aromatic rings. The van der Waals surface area contributed by atoms with E-state index >= 15 is 0 Å². The number of morpholine rings is 1. The van der Waals surface area contributed by atoms with Crippen LogP contribution in [0.2, 0.25) is 0 Å². The van der Waals surface area contributed by atoms with E-state index in [0.29, 0.717) is 19.8 Å². The third-order valence-electron chi connectivity index (χ3n) is 2.89. The van der Waals surface area contributed by atoms with Gasteiger partial charge in [0.2, 0.25) is 11.8 Å². The molecule has 2 amide bonds. The van der Waals surface area contributed by atoms with Crippen molar-refractivity contribution in [3.8, 4) is 0 Å². The van der Waals surface area contributed by atoms with Crippen molar-refractivity contribution in [2.75, 3.05) is 26.8 Å². The van der Waals surface area contributed by atoms with Crippen LogP contribution < -0.4 is 5.32 Å². The van der Waals surface area contributed by atoms with E-state index in [1.165, 1.54) is 0 Å². The summed E-state index contributed by atoms with van der Waals surface area (Å²) in [5, 5.41) is 2.57. The Morgan fingerprint density at radius 3 is 2.73 bits per heavy atom. The molecule has 0 spiro atoms. The minimum Gasteiger partial charge on any atom is -0.377 e. The van der Waals surface area contributed by atoms with Crippen LogP contribution in [-0.2, 0) is 14.3 Å². The van der Waals surface area contributed by atoms with Crippen LogP contribution in [0.15, 0.2) is 0 Å². The Kier molecular flexibility index (Phi) is 2.90. The molecule has 1 saturated carbocycles. The summed E-state index contributed by atoms with van der Waals surface area (Å²) >= 11 is 0. The average molecular weight is 212 g/mol. The minimum atomic E-state index is -0.433. The molecule has 1 aliphatic heterocycles. The fourth-order valence-electron chi connectivity index (χ4n) is 1.82. The van der Waals surface area contributed by atoms with Crippen LogP contribution in [0.4, 0.5) is 0 Å². The van der Waals surface area contributed by atoms with Gasteiger partial charge in [0, 0.05) is 19.5 Å². The zero-order valence-electron chi connectivity index (χ0n) is 8.86. The summed E-state index contributed by atoms with van der Waals surface area (Å²) < 4.78 is 5.23. The van der Waals surface area contributed by atoms with Gasteiger partial charge >= 0.3 is 0 Å². The topological polar surface area (TPSA) is 58.6 Å². The summed E-state index contributed by atoms with van der Waals surface area (Å²) in [6.07, 6.45) is 1.94. The fourth-order valence-corrected chi connectivity index (χ4v) is 1.82. The van der Waals surface area contributed by atoms with Crippen molar-refractivity contribution in [1.29, 1.82) is 0 Å². The number of rotatable bonds is 2. The first-order valence-corrected chi connectivity index (χ1v) is 5.34. The second kappa shape index (κ2) is 4.18. The maximum absolute atomic E-state index is 11.9. The second-order valence-corrected chi connectivity index (χ2v) is 4.01. The lowest BCUT2D eigenvalue weighted by atomic mass is 10.2. The van der Waals surface area contributed by atoms with Crippen molar-refractivity contribution >= 4 is 11.8 Å². The highest BCUT2D eigenvalue weighted by Gasteiger charge is 2.39. The molecule has 5 nitrogen and oxygen atoms in total. The van der Waals surface area contributed by atoms with Crippen LogP contribution in [0.1, 0.15) is 12.8 Å². The highest BCUT2D eigenvalue weighted by atomic mass is 16.5. The largest absolute Gasteiger partial charge is 0.377 e. The normalized spacial score (nSPS) is 26.2. The molecule has 5 heteroatoms. The third kappa shape index (κ3) is 2.12. The molecule has 0 aromatic heterocycles. The Balaban J connectivity index is 2.04. The van der Waals surface area contributed by atoms with Gasteiger partial charge in [-0.05, 0) is 12.8 Å². The quantitative estimate of drug-likeness (QED) is 0.663. The lowest BCUT2D eigenvalue weighted by molar-refractivity contribution is -0.149. The fraction of sp³-hybridized carbons (Fsp3) is 0.800. The van der Waals surface area contributed by atoms with Crippen LogP contribution in [0.25, 0.3) is 0 Å². The molecule has 1 heterocycles. The molecule has 0 bridgehead atoms.